The predicted molar refractivity (Wildman–Crippen MR) is 111 cm³/mol. The number of piperidine rings is 2. The van der Waals surface area contributed by atoms with Crippen molar-refractivity contribution in [1.82, 2.24) is 10.2 Å². The molecule has 2 amide bonds. The Morgan fingerprint density at radius 1 is 0.889 bits per heavy atom. The van der Waals surface area contributed by atoms with Crippen molar-refractivity contribution in [3.8, 4) is 0 Å². The number of carbonyl (C=O) groups excluding carboxylic acids is 1. The quantitative estimate of drug-likeness (QED) is 0.774. The average molecular weight is 370 g/mol. The second kappa shape index (κ2) is 8.22. The smallest absolute Gasteiger partial charge is 0.319 e. The van der Waals surface area contributed by atoms with Gasteiger partial charge in [-0.25, -0.2) is 4.79 Å². The number of carbonyl (C=O) groups is 1. The highest BCUT2D eigenvalue weighted by Crippen LogP contribution is 2.39. The fourth-order valence-corrected chi connectivity index (χ4v) is 5.86. The zero-order valence-electron chi connectivity index (χ0n) is 17.0. The molecule has 27 heavy (non-hydrogen) atoms. The molecule has 2 aliphatic heterocycles. The molecule has 0 unspecified atom stereocenters. The molecule has 4 rings (SSSR count). The normalized spacial score (nSPS) is 29.3. The average Bonchev–Trinajstić information content (AvgIpc) is 2.65. The lowest BCUT2D eigenvalue weighted by Gasteiger charge is -2.53. The molecule has 1 saturated carbocycles. The minimum atomic E-state index is -0.0402. The summed E-state index contributed by atoms with van der Waals surface area (Å²) in [5, 5.41) is 6.40. The van der Waals surface area contributed by atoms with Crippen molar-refractivity contribution in [1.29, 1.82) is 0 Å². The number of urea groups is 1. The van der Waals surface area contributed by atoms with Crippen molar-refractivity contribution in [3.63, 3.8) is 0 Å². The van der Waals surface area contributed by atoms with Gasteiger partial charge in [-0.1, -0.05) is 43.9 Å². The van der Waals surface area contributed by atoms with Gasteiger partial charge in [0.05, 0.1) is 0 Å². The van der Waals surface area contributed by atoms with Gasteiger partial charge in [0, 0.05) is 29.9 Å². The highest BCUT2D eigenvalue weighted by Gasteiger charge is 2.42. The van der Waals surface area contributed by atoms with Gasteiger partial charge < -0.3 is 10.6 Å². The van der Waals surface area contributed by atoms with E-state index in [0.29, 0.717) is 18.1 Å². The Hall–Kier alpha value is -1.55. The van der Waals surface area contributed by atoms with Crippen molar-refractivity contribution in [2.75, 3.05) is 5.32 Å². The van der Waals surface area contributed by atoms with Crippen LogP contribution < -0.4 is 10.6 Å². The van der Waals surface area contributed by atoms with Crippen LogP contribution in [0.25, 0.3) is 0 Å². The number of nitrogens with zero attached hydrogens (tertiary/aromatic N) is 1. The lowest BCUT2D eigenvalue weighted by Crippen LogP contribution is -2.60. The van der Waals surface area contributed by atoms with E-state index in [2.05, 4.69) is 41.5 Å². The van der Waals surface area contributed by atoms with E-state index in [1.165, 1.54) is 51.4 Å². The zero-order chi connectivity index (χ0) is 18.8. The fourth-order valence-electron chi connectivity index (χ4n) is 5.86. The van der Waals surface area contributed by atoms with Crippen LogP contribution in [0, 0.1) is 13.8 Å². The highest BCUT2D eigenvalue weighted by atomic mass is 16.2. The Kier molecular flexibility index (Phi) is 5.72. The van der Waals surface area contributed by atoms with Crippen molar-refractivity contribution in [2.45, 2.75) is 102 Å². The molecule has 2 saturated heterocycles. The molecule has 1 aromatic carbocycles. The van der Waals surface area contributed by atoms with Crippen LogP contribution in [0.15, 0.2) is 18.2 Å². The molecule has 2 N–H and O–H groups in total. The van der Waals surface area contributed by atoms with Gasteiger partial charge in [-0.2, -0.15) is 0 Å². The summed E-state index contributed by atoms with van der Waals surface area (Å²) in [7, 11) is 0. The van der Waals surface area contributed by atoms with Gasteiger partial charge in [-0.05, 0) is 63.5 Å². The third kappa shape index (κ3) is 4.16. The van der Waals surface area contributed by atoms with E-state index < -0.39 is 0 Å². The van der Waals surface area contributed by atoms with Gasteiger partial charge in [-0.3, -0.25) is 4.90 Å². The number of para-hydroxylation sites is 1. The molecule has 3 aliphatic rings. The first-order valence-electron chi connectivity index (χ1n) is 11.0. The number of nitrogens with one attached hydrogen (secondary N) is 2. The Morgan fingerprint density at radius 2 is 1.48 bits per heavy atom. The van der Waals surface area contributed by atoms with Crippen molar-refractivity contribution in [2.24, 2.45) is 0 Å². The van der Waals surface area contributed by atoms with Gasteiger partial charge in [0.1, 0.15) is 0 Å². The minimum absolute atomic E-state index is 0.0402. The SMILES string of the molecule is Cc1cccc(C)c1NC(=O)NC1C[C@H]2CCC[C@H](C1)N2C1CCCCC1. The number of benzene rings is 1. The first-order valence-corrected chi connectivity index (χ1v) is 11.0. The molecule has 2 heterocycles. The molecular formula is C23H35N3O. The van der Waals surface area contributed by atoms with Gasteiger partial charge in [-0.15, -0.1) is 0 Å². The number of hydrogen-bond donors (Lipinski definition) is 2. The van der Waals surface area contributed by atoms with Crippen molar-refractivity contribution in [3.05, 3.63) is 29.3 Å². The molecule has 1 aromatic rings. The summed E-state index contributed by atoms with van der Waals surface area (Å²) < 4.78 is 0. The summed E-state index contributed by atoms with van der Waals surface area (Å²) in [5.41, 5.74) is 3.19. The monoisotopic (exact) mass is 369 g/mol. The van der Waals surface area contributed by atoms with E-state index in [0.717, 1.165) is 35.7 Å². The number of aryl methyl sites for hydroxylation is 2. The third-order valence-corrected chi connectivity index (χ3v) is 7.08. The first kappa shape index (κ1) is 18.8. The van der Waals surface area contributed by atoms with Gasteiger partial charge in [0.15, 0.2) is 0 Å². The molecule has 2 bridgehead atoms. The molecule has 0 aromatic heterocycles. The zero-order valence-corrected chi connectivity index (χ0v) is 17.0. The summed E-state index contributed by atoms with van der Waals surface area (Å²) in [6, 6.07) is 8.56. The molecule has 1 aliphatic carbocycles. The van der Waals surface area contributed by atoms with Crippen LogP contribution in [0.3, 0.4) is 0 Å². The fraction of sp³-hybridized carbons (Fsp3) is 0.696. The van der Waals surface area contributed by atoms with Crippen molar-refractivity contribution >= 4 is 11.7 Å². The molecule has 0 spiro atoms. The standard InChI is InChI=1S/C23H35N3O/c1-16-8-6-9-17(2)22(16)25-23(27)24-18-14-20-12-7-13-21(15-18)26(20)19-10-4-3-5-11-19/h6,8-9,18-21H,3-5,7,10-15H2,1-2H3,(H2,24,25,27)/t20-,21-/m1/s1. The van der Waals surface area contributed by atoms with Crippen LogP contribution in [0.1, 0.15) is 75.3 Å². The molecule has 3 fully saturated rings. The van der Waals surface area contributed by atoms with E-state index >= 15 is 0 Å². The topological polar surface area (TPSA) is 44.4 Å². The molecule has 148 valence electrons. The largest absolute Gasteiger partial charge is 0.335 e. The van der Waals surface area contributed by atoms with Crippen LogP contribution in [0.4, 0.5) is 10.5 Å². The molecule has 0 radical (unpaired) electrons. The minimum Gasteiger partial charge on any atom is -0.335 e. The van der Waals surface area contributed by atoms with Gasteiger partial charge in [0.25, 0.3) is 0 Å². The number of anilines is 1. The maximum absolute atomic E-state index is 12.7. The van der Waals surface area contributed by atoms with Gasteiger partial charge in [0.2, 0.25) is 0 Å². The summed E-state index contributed by atoms with van der Waals surface area (Å²) in [4.78, 5) is 15.5. The van der Waals surface area contributed by atoms with Crippen LogP contribution in [0.5, 0.6) is 0 Å². The Balaban J connectivity index is 1.38. The molecular weight excluding hydrogens is 334 g/mol. The summed E-state index contributed by atoms with van der Waals surface area (Å²) in [6.07, 6.45) is 13.2. The first-order chi connectivity index (χ1) is 13.1. The third-order valence-electron chi connectivity index (χ3n) is 7.08. The van der Waals surface area contributed by atoms with Crippen LogP contribution in [-0.2, 0) is 0 Å². The lowest BCUT2D eigenvalue weighted by atomic mass is 9.78. The van der Waals surface area contributed by atoms with E-state index in [1.807, 2.05) is 6.07 Å². The second-order valence-corrected chi connectivity index (χ2v) is 9.01. The second-order valence-electron chi connectivity index (χ2n) is 9.01. The van der Waals surface area contributed by atoms with E-state index in [9.17, 15) is 4.79 Å². The molecule has 4 heteroatoms. The van der Waals surface area contributed by atoms with Gasteiger partial charge >= 0.3 is 6.03 Å². The van der Waals surface area contributed by atoms with Crippen molar-refractivity contribution < 1.29 is 4.79 Å². The number of rotatable bonds is 3. The molecule has 4 nitrogen and oxygen atoms in total. The number of amides is 2. The number of fused-ring (bicyclic) bond motifs is 2. The maximum Gasteiger partial charge on any atom is 0.319 e. The number of hydrogen-bond acceptors (Lipinski definition) is 2. The van der Waals surface area contributed by atoms with Crippen LogP contribution >= 0.6 is 0 Å². The summed E-state index contributed by atoms with van der Waals surface area (Å²) >= 11 is 0. The lowest BCUT2D eigenvalue weighted by molar-refractivity contribution is -0.0202. The van der Waals surface area contributed by atoms with E-state index in [4.69, 9.17) is 0 Å². The van der Waals surface area contributed by atoms with Crippen LogP contribution in [0.2, 0.25) is 0 Å². The predicted octanol–water partition coefficient (Wildman–Crippen LogP) is 5.14. The Labute approximate surface area is 164 Å². The highest BCUT2D eigenvalue weighted by molar-refractivity contribution is 5.91. The van der Waals surface area contributed by atoms with E-state index in [1.54, 1.807) is 0 Å². The van der Waals surface area contributed by atoms with E-state index in [-0.39, 0.29) is 6.03 Å². The maximum atomic E-state index is 12.7. The molecule has 2 atom stereocenters. The summed E-state index contributed by atoms with van der Waals surface area (Å²) in [6.45, 7) is 4.10. The Bertz CT molecular complexity index is 633. The Morgan fingerprint density at radius 3 is 2.11 bits per heavy atom. The van der Waals surface area contributed by atoms with Crippen LogP contribution in [-0.4, -0.2) is 35.1 Å². The summed E-state index contributed by atoms with van der Waals surface area (Å²) in [5.74, 6) is 0.